The highest BCUT2D eigenvalue weighted by Crippen LogP contribution is 2.51. The molecule has 1 aliphatic carbocycles. The monoisotopic (exact) mass is 867 g/mol. The van der Waals surface area contributed by atoms with Crippen molar-refractivity contribution in [3.63, 3.8) is 0 Å². The minimum atomic E-state index is -0.0313. The molecule has 0 atom stereocenters. The van der Waals surface area contributed by atoms with Crippen molar-refractivity contribution in [2.24, 2.45) is 0 Å². The van der Waals surface area contributed by atoms with Crippen molar-refractivity contribution in [1.29, 1.82) is 0 Å². The van der Waals surface area contributed by atoms with E-state index in [0.29, 0.717) is 0 Å². The summed E-state index contributed by atoms with van der Waals surface area (Å²) < 4.78 is 0. The zero-order valence-corrected chi connectivity index (χ0v) is 38.3. The van der Waals surface area contributed by atoms with Crippen molar-refractivity contribution >= 4 is 27.8 Å². The third-order valence-electron chi connectivity index (χ3n) is 14.1. The Morgan fingerprint density at radius 2 is 0.721 bits per heavy atom. The van der Waals surface area contributed by atoms with Gasteiger partial charge in [-0.2, -0.15) is 0 Å². The Kier molecular flexibility index (Phi) is 10.3. The molecule has 0 N–H and O–H groups in total. The molecule has 0 aromatic heterocycles. The minimum absolute atomic E-state index is 0.0313. The van der Waals surface area contributed by atoms with Gasteiger partial charge in [0.15, 0.2) is 0 Å². The van der Waals surface area contributed by atoms with Gasteiger partial charge in [-0.15, -0.1) is 0 Å². The molecular weight excluding hydrogens is 819 g/mol. The van der Waals surface area contributed by atoms with Crippen LogP contribution in [0.3, 0.4) is 0 Å². The van der Waals surface area contributed by atoms with E-state index in [9.17, 15) is 0 Å². The maximum absolute atomic E-state index is 2.45. The molecule has 0 fully saturated rings. The van der Waals surface area contributed by atoms with Crippen molar-refractivity contribution in [2.45, 2.75) is 19.3 Å². The van der Waals surface area contributed by atoms with Gasteiger partial charge in [0, 0.05) is 22.4 Å². The minimum Gasteiger partial charge on any atom is -0.310 e. The standard InChI is InChI=1S/C67H49N/c1-67(2)63-29-14-13-25-60(63)62-45-53(39-44-64(62)67)48-37-42-55(43-38-48)68(54-40-35-47(36-41-54)46-31-33-52(34-32-46)57-27-15-22-50-21-9-10-23-56(50)57)65-30-16-28-59(51-19-7-4-8-20-51)66(65)61-26-12-11-24-58(61)49-17-5-3-6-18-49/h3-45H,1-2H3. The summed E-state index contributed by atoms with van der Waals surface area (Å²) in [5.74, 6) is 0. The lowest BCUT2D eigenvalue weighted by molar-refractivity contribution is 0.660. The van der Waals surface area contributed by atoms with Crippen LogP contribution in [0.15, 0.2) is 261 Å². The SMILES string of the molecule is CC1(C)c2ccccc2-c2cc(-c3ccc(N(c4ccc(-c5ccc(-c6cccc7ccccc67)cc5)cc4)c4cccc(-c5ccccc5)c4-c4ccccc4-c4ccccc4)cc3)ccc21. The predicted octanol–water partition coefficient (Wildman–Crippen LogP) is 18.6. The van der Waals surface area contributed by atoms with Gasteiger partial charge in [0.25, 0.3) is 0 Å². The molecule has 322 valence electrons. The summed E-state index contributed by atoms with van der Waals surface area (Å²) in [5, 5.41) is 2.52. The number of anilines is 3. The molecule has 1 heteroatoms. The largest absolute Gasteiger partial charge is 0.310 e. The highest BCUT2D eigenvalue weighted by Gasteiger charge is 2.35. The van der Waals surface area contributed by atoms with Gasteiger partial charge >= 0.3 is 0 Å². The van der Waals surface area contributed by atoms with E-state index >= 15 is 0 Å². The first-order valence-corrected chi connectivity index (χ1v) is 23.7. The Morgan fingerprint density at radius 3 is 1.41 bits per heavy atom. The molecule has 0 saturated carbocycles. The fourth-order valence-corrected chi connectivity index (χ4v) is 10.7. The average molecular weight is 868 g/mol. The van der Waals surface area contributed by atoms with Crippen LogP contribution >= 0.6 is 0 Å². The van der Waals surface area contributed by atoms with Gasteiger partial charge in [-0.05, 0) is 131 Å². The highest BCUT2D eigenvalue weighted by molar-refractivity contribution is 6.02. The fraction of sp³-hybridized carbons (Fsp3) is 0.0448. The number of benzene rings is 11. The lowest BCUT2D eigenvalue weighted by atomic mass is 9.82. The van der Waals surface area contributed by atoms with E-state index in [0.717, 1.165) is 17.1 Å². The van der Waals surface area contributed by atoms with Crippen molar-refractivity contribution in [2.75, 3.05) is 4.90 Å². The molecule has 12 rings (SSSR count). The van der Waals surface area contributed by atoms with Crippen LogP contribution in [0.1, 0.15) is 25.0 Å². The number of hydrogen-bond donors (Lipinski definition) is 0. The van der Waals surface area contributed by atoms with Gasteiger partial charge in [-0.1, -0.05) is 238 Å². The van der Waals surface area contributed by atoms with Crippen LogP contribution in [-0.2, 0) is 5.41 Å². The van der Waals surface area contributed by atoms with Crippen LogP contribution in [-0.4, -0.2) is 0 Å². The molecule has 0 bridgehead atoms. The van der Waals surface area contributed by atoms with E-state index in [1.165, 1.54) is 99.8 Å². The second-order valence-electron chi connectivity index (χ2n) is 18.4. The number of fused-ring (bicyclic) bond motifs is 4. The first-order chi connectivity index (χ1) is 33.5. The second kappa shape index (κ2) is 17.0. The van der Waals surface area contributed by atoms with Crippen molar-refractivity contribution in [1.82, 2.24) is 0 Å². The molecule has 11 aromatic carbocycles. The molecule has 0 aliphatic heterocycles. The van der Waals surface area contributed by atoms with Gasteiger partial charge in [-0.3, -0.25) is 0 Å². The molecule has 0 saturated heterocycles. The van der Waals surface area contributed by atoms with Crippen molar-refractivity contribution < 1.29 is 0 Å². The maximum atomic E-state index is 2.45. The maximum Gasteiger partial charge on any atom is 0.0546 e. The van der Waals surface area contributed by atoms with E-state index in [2.05, 4.69) is 280 Å². The summed E-state index contributed by atoms with van der Waals surface area (Å²) >= 11 is 0. The summed E-state index contributed by atoms with van der Waals surface area (Å²) in [6.45, 7) is 4.69. The first kappa shape index (κ1) is 40.9. The summed E-state index contributed by atoms with van der Waals surface area (Å²) in [6.07, 6.45) is 0. The van der Waals surface area contributed by atoms with Crippen LogP contribution in [0.4, 0.5) is 17.1 Å². The summed E-state index contributed by atoms with van der Waals surface area (Å²) in [5.41, 5.74) is 23.0. The van der Waals surface area contributed by atoms with Gasteiger partial charge in [0.05, 0.1) is 5.69 Å². The molecule has 0 unspecified atom stereocenters. The van der Waals surface area contributed by atoms with E-state index in [1.807, 2.05) is 0 Å². The Bertz CT molecular complexity index is 3600. The topological polar surface area (TPSA) is 3.24 Å². The van der Waals surface area contributed by atoms with Crippen LogP contribution in [0, 0.1) is 0 Å². The van der Waals surface area contributed by atoms with Crippen LogP contribution in [0.5, 0.6) is 0 Å². The Labute approximate surface area is 399 Å². The van der Waals surface area contributed by atoms with Gasteiger partial charge in [-0.25, -0.2) is 0 Å². The summed E-state index contributed by atoms with van der Waals surface area (Å²) in [6, 6.07) is 95.6. The van der Waals surface area contributed by atoms with Gasteiger partial charge in [0.2, 0.25) is 0 Å². The Hall–Kier alpha value is -8.52. The molecule has 0 amide bonds. The first-order valence-electron chi connectivity index (χ1n) is 23.7. The van der Waals surface area contributed by atoms with Gasteiger partial charge in [0.1, 0.15) is 0 Å². The zero-order chi connectivity index (χ0) is 45.6. The Balaban J connectivity index is 0.994. The molecule has 0 heterocycles. The quantitative estimate of drug-likeness (QED) is 0.140. The van der Waals surface area contributed by atoms with Crippen LogP contribution in [0.2, 0.25) is 0 Å². The average Bonchev–Trinajstić information content (AvgIpc) is 3.64. The summed E-state index contributed by atoms with van der Waals surface area (Å²) in [7, 11) is 0. The normalized spacial score (nSPS) is 12.4. The van der Waals surface area contributed by atoms with Crippen molar-refractivity contribution in [3.8, 4) is 77.9 Å². The molecular formula is C67H49N. The smallest absolute Gasteiger partial charge is 0.0546 e. The molecule has 1 aliphatic rings. The third-order valence-corrected chi connectivity index (χ3v) is 14.1. The van der Waals surface area contributed by atoms with Gasteiger partial charge < -0.3 is 4.90 Å². The molecule has 0 radical (unpaired) electrons. The second-order valence-corrected chi connectivity index (χ2v) is 18.4. The van der Waals surface area contributed by atoms with E-state index in [-0.39, 0.29) is 5.41 Å². The Morgan fingerprint density at radius 1 is 0.279 bits per heavy atom. The van der Waals surface area contributed by atoms with E-state index in [1.54, 1.807) is 0 Å². The van der Waals surface area contributed by atoms with E-state index in [4.69, 9.17) is 0 Å². The zero-order valence-electron chi connectivity index (χ0n) is 38.3. The number of hydrogen-bond acceptors (Lipinski definition) is 1. The van der Waals surface area contributed by atoms with Crippen LogP contribution < -0.4 is 4.90 Å². The fourth-order valence-electron chi connectivity index (χ4n) is 10.7. The number of rotatable bonds is 9. The molecule has 0 spiro atoms. The lowest BCUT2D eigenvalue weighted by Crippen LogP contribution is -2.14. The van der Waals surface area contributed by atoms with Crippen molar-refractivity contribution in [3.05, 3.63) is 272 Å². The van der Waals surface area contributed by atoms with Crippen LogP contribution in [0.25, 0.3) is 88.7 Å². The lowest BCUT2D eigenvalue weighted by Gasteiger charge is -2.30. The number of nitrogens with zero attached hydrogens (tertiary/aromatic N) is 1. The highest BCUT2D eigenvalue weighted by atomic mass is 15.1. The molecule has 1 nitrogen and oxygen atoms in total. The molecule has 68 heavy (non-hydrogen) atoms. The predicted molar refractivity (Wildman–Crippen MR) is 289 cm³/mol. The molecule has 11 aromatic rings. The van der Waals surface area contributed by atoms with E-state index < -0.39 is 0 Å². The summed E-state index contributed by atoms with van der Waals surface area (Å²) in [4.78, 5) is 2.45. The third kappa shape index (κ3) is 7.21.